The van der Waals surface area contributed by atoms with Crippen LogP contribution in [0, 0.1) is 0 Å². The molecule has 6 heteroatoms. The van der Waals surface area contributed by atoms with Gasteiger partial charge in [0.15, 0.2) is 0 Å². The van der Waals surface area contributed by atoms with Gasteiger partial charge in [-0.3, -0.25) is 9.59 Å². The van der Waals surface area contributed by atoms with Gasteiger partial charge in [0.25, 0.3) is 0 Å². The average molecular weight is 311 g/mol. The minimum absolute atomic E-state index is 0.0191. The Bertz CT molecular complexity index is 544. The molecule has 1 N–H and O–H groups in total. The summed E-state index contributed by atoms with van der Waals surface area (Å²) in [7, 11) is 1.53. The van der Waals surface area contributed by atoms with Crippen molar-refractivity contribution in [3.63, 3.8) is 0 Å². The van der Waals surface area contributed by atoms with Gasteiger partial charge in [0, 0.05) is 31.0 Å². The molecule has 0 unspecified atom stereocenters. The second-order valence-corrected chi connectivity index (χ2v) is 5.52. The number of halogens is 1. The third-order valence-electron chi connectivity index (χ3n) is 3.41. The maximum Gasteiger partial charge on any atom is 0.226 e. The van der Waals surface area contributed by atoms with Crippen LogP contribution in [-0.4, -0.2) is 36.4 Å². The summed E-state index contributed by atoms with van der Waals surface area (Å²) in [5.41, 5.74) is 0.538. The van der Waals surface area contributed by atoms with Crippen LogP contribution >= 0.6 is 11.6 Å². The highest BCUT2D eigenvalue weighted by atomic mass is 35.5. The molecule has 0 atom stereocenters. The first-order chi connectivity index (χ1) is 10.0. The van der Waals surface area contributed by atoms with Crippen LogP contribution in [0.2, 0.25) is 5.02 Å². The number of hydrogen-bond donors (Lipinski definition) is 1. The summed E-state index contributed by atoms with van der Waals surface area (Å²) in [4.78, 5) is 25.3. The molecule has 0 aliphatic heterocycles. The summed E-state index contributed by atoms with van der Waals surface area (Å²) in [5.74, 6) is 0.409. The Kier molecular flexibility index (Phi) is 5.07. The standard InChI is InChI=1S/C15H19ClN2O3/c1-10(19)18(12-4-5-12)8-7-15(20)17-13-9-11(16)3-6-14(13)21-2/h3,6,9,12H,4-5,7-8H2,1-2H3,(H,17,20). The second-order valence-electron chi connectivity index (χ2n) is 5.09. The van der Waals surface area contributed by atoms with Gasteiger partial charge in [0.05, 0.1) is 12.8 Å². The first-order valence-electron chi connectivity index (χ1n) is 6.92. The molecule has 0 saturated heterocycles. The fraction of sp³-hybridized carbons (Fsp3) is 0.467. The van der Waals surface area contributed by atoms with Gasteiger partial charge in [-0.25, -0.2) is 0 Å². The zero-order chi connectivity index (χ0) is 15.4. The lowest BCUT2D eigenvalue weighted by atomic mass is 10.2. The highest BCUT2D eigenvalue weighted by Crippen LogP contribution is 2.29. The number of hydrogen-bond acceptors (Lipinski definition) is 3. The van der Waals surface area contributed by atoms with Crippen molar-refractivity contribution in [1.82, 2.24) is 4.90 Å². The lowest BCUT2D eigenvalue weighted by Crippen LogP contribution is -2.33. The molecule has 0 radical (unpaired) electrons. The van der Waals surface area contributed by atoms with Crippen LogP contribution in [0.5, 0.6) is 5.75 Å². The van der Waals surface area contributed by atoms with Crippen LogP contribution in [0.3, 0.4) is 0 Å². The van der Waals surface area contributed by atoms with Crippen molar-refractivity contribution in [2.24, 2.45) is 0 Å². The third-order valence-corrected chi connectivity index (χ3v) is 3.64. The number of nitrogens with zero attached hydrogens (tertiary/aromatic N) is 1. The van der Waals surface area contributed by atoms with Crippen molar-refractivity contribution in [3.8, 4) is 5.75 Å². The summed E-state index contributed by atoms with van der Waals surface area (Å²) in [6.07, 6.45) is 2.32. The van der Waals surface area contributed by atoms with Crippen LogP contribution in [-0.2, 0) is 9.59 Å². The number of amides is 2. The largest absolute Gasteiger partial charge is 0.495 e. The summed E-state index contributed by atoms with van der Waals surface area (Å²) < 4.78 is 5.18. The quantitative estimate of drug-likeness (QED) is 0.879. The van der Waals surface area contributed by atoms with E-state index in [0.717, 1.165) is 12.8 Å². The molecule has 1 aliphatic rings. The van der Waals surface area contributed by atoms with Gasteiger partial charge in [-0.1, -0.05) is 11.6 Å². The fourth-order valence-corrected chi connectivity index (χ4v) is 2.37. The van der Waals surface area contributed by atoms with Crippen LogP contribution in [0.25, 0.3) is 0 Å². The Morgan fingerprint density at radius 2 is 2.14 bits per heavy atom. The molecule has 114 valence electrons. The van der Waals surface area contributed by atoms with E-state index < -0.39 is 0 Å². The Balaban J connectivity index is 1.92. The maximum absolute atomic E-state index is 12.0. The molecule has 2 amide bonds. The monoisotopic (exact) mass is 310 g/mol. The van der Waals surface area contributed by atoms with Crippen molar-refractivity contribution in [3.05, 3.63) is 23.2 Å². The predicted octanol–water partition coefficient (Wildman–Crippen LogP) is 2.69. The summed E-state index contributed by atoms with van der Waals surface area (Å²) in [6, 6.07) is 5.35. The van der Waals surface area contributed by atoms with E-state index in [1.54, 1.807) is 23.1 Å². The van der Waals surface area contributed by atoms with Crippen molar-refractivity contribution < 1.29 is 14.3 Å². The van der Waals surface area contributed by atoms with E-state index >= 15 is 0 Å². The molecule has 0 heterocycles. The highest BCUT2D eigenvalue weighted by Gasteiger charge is 2.30. The topological polar surface area (TPSA) is 58.6 Å². The minimum atomic E-state index is -0.164. The molecule has 1 aromatic carbocycles. The van der Waals surface area contributed by atoms with Gasteiger partial charge in [-0.15, -0.1) is 0 Å². The molecular weight excluding hydrogens is 292 g/mol. The van der Waals surface area contributed by atoms with Crippen molar-refractivity contribution >= 4 is 29.1 Å². The van der Waals surface area contributed by atoms with Crippen LogP contribution in [0.4, 0.5) is 5.69 Å². The van der Waals surface area contributed by atoms with Crippen molar-refractivity contribution in [1.29, 1.82) is 0 Å². The number of carbonyl (C=O) groups excluding carboxylic acids is 2. The van der Waals surface area contributed by atoms with Gasteiger partial charge in [0.2, 0.25) is 11.8 Å². The number of carbonyl (C=O) groups is 2. The average Bonchev–Trinajstić information content (AvgIpc) is 3.23. The molecule has 21 heavy (non-hydrogen) atoms. The Morgan fingerprint density at radius 3 is 2.71 bits per heavy atom. The van der Waals surface area contributed by atoms with E-state index in [-0.39, 0.29) is 18.2 Å². The number of ether oxygens (including phenoxy) is 1. The zero-order valence-electron chi connectivity index (χ0n) is 12.2. The Labute approximate surface area is 129 Å². The summed E-state index contributed by atoms with van der Waals surface area (Å²) >= 11 is 5.92. The van der Waals surface area contributed by atoms with E-state index in [0.29, 0.717) is 29.0 Å². The number of nitrogens with one attached hydrogen (secondary N) is 1. The molecular formula is C15H19ClN2O3. The molecule has 5 nitrogen and oxygen atoms in total. The van der Waals surface area contributed by atoms with Gasteiger partial charge in [-0.05, 0) is 31.0 Å². The normalized spacial score (nSPS) is 13.7. The van der Waals surface area contributed by atoms with E-state index in [1.807, 2.05) is 0 Å². The lowest BCUT2D eigenvalue weighted by molar-refractivity contribution is -0.129. The number of benzene rings is 1. The molecule has 0 spiro atoms. The van der Waals surface area contributed by atoms with E-state index in [2.05, 4.69) is 5.32 Å². The second kappa shape index (κ2) is 6.80. The van der Waals surface area contributed by atoms with E-state index in [1.165, 1.54) is 14.0 Å². The van der Waals surface area contributed by atoms with Gasteiger partial charge >= 0.3 is 0 Å². The van der Waals surface area contributed by atoms with E-state index in [9.17, 15) is 9.59 Å². The Morgan fingerprint density at radius 1 is 1.43 bits per heavy atom. The smallest absolute Gasteiger partial charge is 0.226 e. The molecule has 1 aliphatic carbocycles. The van der Waals surface area contributed by atoms with Gasteiger partial charge in [0.1, 0.15) is 5.75 Å². The molecule has 1 aromatic rings. The molecule has 1 fully saturated rings. The van der Waals surface area contributed by atoms with Crippen LogP contribution in [0.1, 0.15) is 26.2 Å². The van der Waals surface area contributed by atoms with Gasteiger partial charge in [-0.2, -0.15) is 0 Å². The van der Waals surface area contributed by atoms with Gasteiger partial charge < -0.3 is 15.0 Å². The SMILES string of the molecule is COc1ccc(Cl)cc1NC(=O)CCN(C(C)=O)C1CC1. The maximum atomic E-state index is 12.0. The minimum Gasteiger partial charge on any atom is -0.495 e. The lowest BCUT2D eigenvalue weighted by Gasteiger charge is -2.20. The van der Waals surface area contributed by atoms with Crippen LogP contribution < -0.4 is 10.1 Å². The molecule has 0 aromatic heterocycles. The molecule has 2 rings (SSSR count). The number of anilines is 1. The fourth-order valence-electron chi connectivity index (χ4n) is 2.20. The first-order valence-corrected chi connectivity index (χ1v) is 7.29. The molecule has 0 bridgehead atoms. The Hall–Kier alpha value is -1.75. The predicted molar refractivity (Wildman–Crippen MR) is 81.7 cm³/mol. The molecule has 1 saturated carbocycles. The highest BCUT2D eigenvalue weighted by molar-refractivity contribution is 6.31. The van der Waals surface area contributed by atoms with Crippen LogP contribution in [0.15, 0.2) is 18.2 Å². The first kappa shape index (κ1) is 15.6. The summed E-state index contributed by atoms with van der Waals surface area (Å²) in [6.45, 7) is 1.98. The van der Waals surface area contributed by atoms with Crippen molar-refractivity contribution in [2.45, 2.75) is 32.2 Å². The number of rotatable bonds is 6. The summed E-state index contributed by atoms with van der Waals surface area (Å²) in [5, 5.41) is 3.29. The zero-order valence-corrected chi connectivity index (χ0v) is 12.9. The van der Waals surface area contributed by atoms with Crippen molar-refractivity contribution in [2.75, 3.05) is 19.0 Å². The number of methoxy groups -OCH3 is 1. The van der Waals surface area contributed by atoms with E-state index in [4.69, 9.17) is 16.3 Å². The third kappa shape index (κ3) is 4.36.